The van der Waals surface area contributed by atoms with Gasteiger partial charge < -0.3 is 10.0 Å². The van der Waals surface area contributed by atoms with Gasteiger partial charge in [0.25, 0.3) is 0 Å². The third kappa shape index (κ3) is 2.92. The van der Waals surface area contributed by atoms with Crippen LogP contribution in [0.25, 0.3) is 21.9 Å². The average molecular weight is 372 g/mol. The fourth-order valence-corrected chi connectivity index (χ4v) is 3.38. The molecule has 3 rings (SSSR count). The fraction of sp³-hybridized carbons (Fsp3) is 0.300. The average Bonchev–Trinajstić information content (AvgIpc) is 2.81. The van der Waals surface area contributed by atoms with Gasteiger partial charge in [-0.15, -0.1) is 6.58 Å². The minimum absolute atomic E-state index is 0.0125. The number of aromatic nitrogens is 2. The smallest absolute Gasteiger partial charge is 0.224 e. The molecular formula is C20H22ClN3O2. The van der Waals surface area contributed by atoms with Crippen LogP contribution in [0.1, 0.15) is 27.7 Å². The molecule has 0 saturated heterocycles. The predicted octanol–water partition coefficient (Wildman–Crippen LogP) is 4.84. The molecule has 0 aliphatic heterocycles. The van der Waals surface area contributed by atoms with Crippen molar-refractivity contribution in [3.05, 3.63) is 41.9 Å². The molecule has 5 nitrogen and oxygen atoms in total. The molecule has 2 heterocycles. The molecule has 0 unspecified atom stereocenters. The highest BCUT2D eigenvalue weighted by Gasteiger charge is 2.29. The van der Waals surface area contributed by atoms with E-state index < -0.39 is 5.54 Å². The summed E-state index contributed by atoms with van der Waals surface area (Å²) in [6.07, 6.45) is 1.63. The highest BCUT2D eigenvalue weighted by Crippen LogP contribution is 2.43. The van der Waals surface area contributed by atoms with E-state index in [9.17, 15) is 9.90 Å². The summed E-state index contributed by atoms with van der Waals surface area (Å²) in [5.74, 6) is -0.164. The molecule has 6 heteroatoms. The SMILES string of the molecule is C=CCN(C(C)=O)c1c(O)n(C(C)(C)C)c2nc3cc(Cl)ccc3cc12. The molecule has 1 aromatic carbocycles. The van der Waals surface area contributed by atoms with Crippen LogP contribution in [0.4, 0.5) is 5.69 Å². The third-order valence-electron chi connectivity index (χ3n) is 4.28. The van der Waals surface area contributed by atoms with E-state index in [2.05, 4.69) is 6.58 Å². The predicted molar refractivity (Wildman–Crippen MR) is 107 cm³/mol. The Balaban J connectivity index is 2.47. The second-order valence-electron chi connectivity index (χ2n) is 7.29. The summed E-state index contributed by atoms with van der Waals surface area (Å²) < 4.78 is 1.75. The van der Waals surface area contributed by atoms with Gasteiger partial charge in [-0.25, -0.2) is 4.98 Å². The first-order valence-electron chi connectivity index (χ1n) is 8.38. The van der Waals surface area contributed by atoms with Gasteiger partial charge in [-0.3, -0.25) is 9.36 Å². The summed E-state index contributed by atoms with van der Waals surface area (Å²) in [5, 5.41) is 13.2. The van der Waals surface area contributed by atoms with Gasteiger partial charge in [-0.2, -0.15) is 0 Å². The van der Waals surface area contributed by atoms with Crippen LogP contribution < -0.4 is 4.90 Å². The first-order chi connectivity index (χ1) is 12.1. The Morgan fingerprint density at radius 3 is 2.65 bits per heavy atom. The van der Waals surface area contributed by atoms with Crippen molar-refractivity contribution in [2.24, 2.45) is 0 Å². The normalized spacial score (nSPS) is 11.9. The summed E-state index contributed by atoms with van der Waals surface area (Å²) in [4.78, 5) is 18.5. The van der Waals surface area contributed by atoms with Crippen molar-refractivity contribution >= 4 is 45.1 Å². The summed E-state index contributed by atoms with van der Waals surface area (Å²) >= 11 is 6.11. The van der Waals surface area contributed by atoms with Crippen molar-refractivity contribution in [3.63, 3.8) is 0 Å². The summed E-state index contributed by atoms with van der Waals surface area (Å²) in [5.41, 5.74) is 1.36. The van der Waals surface area contributed by atoms with E-state index >= 15 is 0 Å². The molecule has 0 aliphatic rings. The quantitative estimate of drug-likeness (QED) is 0.670. The summed E-state index contributed by atoms with van der Waals surface area (Å²) in [7, 11) is 0. The van der Waals surface area contributed by atoms with E-state index in [4.69, 9.17) is 16.6 Å². The van der Waals surface area contributed by atoms with E-state index in [0.717, 1.165) is 10.9 Å². The van der Waals surface area contributed by atoms with Crippen LogP contribution in [0.3, 0.4) is 0 Å². The molecule has 0 spiro atoms. The Morgan fingerprint density at radius 2 is 2.08 bits per heavy atom. The second-order valence-corrected chi connectivity index (χ2v) is 7.73. The van der Waals surface area contributed by atoms with Crippen LogP contribution in [0, 0.1) is 0 Å². The molecule has 0 radical (unpaired) electrons. The Bertz CT molecular complexity index is 1030. The Labute approximate surface area is 157 Å². The molecule has 0 bridgehead atoms. The highest BCUT2D eigenvalue weighted by atomic mass is 35.5. The van der Waals surface area contributed by atoms with Gasteiger partial charge in [0.1, 0.15) is 11.3 Å². The van der Waals surface area contributed by atoms with Crippen LogP contribution in [-0.2, 0) is 10.3 Å². The Hall–Kier alpha value is -2.53. The maximum atomic E-state index is 12.2. The molecule has 3 aromatic rings. The molecular weight excluding hydrogens is 350 g/mol. The number of amides is 1. The molecule has 1 amide bonds. The number of rotatable bonds is 3. The summed E-state index contributed by atoms with van der Waals surface area (Å²) in [6.45, 7) is 11.4. The minimum Gasteiger partial charge on any atom is -0.493 e. The van der Waals surface area contributed by atoms with Gasteiger partial charge in [-0.05, 0) is 39.0 Å². The fourth-order valence-electron chi connectivity index (χ4n) is 3.21. The number of benzene rings is 1. The van der Waals surface area contributed by atoms with Crippen LogP contribution in [0.5, 0.6) is 5.88 Å². The largest absolute Gasteiger partial charge is 0.493 e. The van der Waals surface area contributed by atoms with Crippen molar-refractivity contribution in [1.82, 2.24) is 9.55 Å². The minimum atomic E-state index is -0.434. The summed E-state index contributed by atoms with van der Waals surface area (Å²) in [6, 6.07) is 7.40. The zero-order chi connectivity index (χ0) is 19.2. The number of nitrogens with zero attached hydrogens (tertiary/aromatic N) is 3. The lowest BCUT2D eigenvalue weighted by atomic mass is 10.1. The molecule has 0 aliphatic carbocycles. The number of aromatic hydroxyl groups is 1. The number of hydrogen-bond donors (Lipinski definition) is 1. The standard InChI is InChI=1S/C20H22ClN3O2/c1-6-9-23(12(2)25)17-15-10-13-7-8-14(21)11-16(13)22-18(15)24(19(17)26)20(3,4)5/h6-8,10-11,26H,1,9H2,2-5H3. The van der Waals surface area contributed by atoms with Crippen molar-refractivity contribution in [2.45, 2.75) is 33.2 Å². The van der Waals surface area contributed by atoms with Gasteiger partial charge in [0.15, 0.2) is 0 Å². The maximum absolute atomic E-state index is 12.2. The lowest BCUT2D eigenvalue weighted by Gasteiger charge is -2.24. The van der Waals surface area contributed by atoms with Crippen LogP contribution in [0.2, 0.25) is 5.02 Å². The van der Waals surface area contributed by atoms with E-state index in [-0.39, 0.29) is 11.8 Å². The molecule has 2 aromatic heterocycles. The molecule has 0 atom stereocenters. The number of carbonyl (C=O) groups excluding carboxylic acids is 1. The van der Waals surface area contributed by atoms with E-state index in [1.807, 2.05) is 32.9 Å². The molecule has 26 heavy (non-hydrogen) atoms. The number of pyridine rings is 1. The van der Waals surface area contributed by atoms with Gasteiger partial charge >= 0.3 is 0 Å². The van der Waals surface area contributed by atoms with Gasteiger partial charge in [0, 0.05) is 34.8 Å². The van der Waals surface area contributed by atoms with E-state index in [1.165, 1.54) is 11.8 Å². The van der Waals surface area contributed by atoms with E-state index in [1.54, 1.807) is 22.8 Å². The van der Waals surface area contributed by atoms with Crippen molar-refractivity contribution in [2.75, 3.05) is 11.4 Å². The molecule has 0 saturated carbocycles. The second kappa shape index (κ2) is 6.32. The molecule has 0 fully saturated rings. The zero-order valence-corrected chi connectivity index (χ0v) is 16.1. The van der Waals surface area contributed by atoms with Crippen LogP contribution in [0.15, 0.2) is 36.9 Å². The Kier molecular flexibility index (Phi) is 4.44. The zero-order valence-electron chi connectivity index (χ0n) is 15.4. The first-order valence-corrected chi connectivity index (χ1v) is 8.76. The topological polar surface area (TPSA) is 58.4 Å². The third-order valence-corrected chi connectivity index (χ3v) is 4.52. The van der Waals surface area contributed by atoms with Crippen LogP contribution in [-0.4, -0.2) is 27.1 Å². The lowest BCUT2D eigenvalue weighted by molar-refractivity contribution is -0.116. The first kappa shape index (κ1) is 18.3. The number of carbonyl (C=O) groups is 1. The lowest BCUT2D eigenvalue weighted by Crippen LogP contribution is -2.28. The monoisotopic (exact) mass is 371 g/mol. The highest BCUT2D eigenvalue weighted by molar-refractivity contribution is 6.31. The van der Waals surface area contributed by atoms with Gasteiger partial charge in [-0.1, -0.05) is 23.7 Å². The Morgan fingerprint density at radius 1 is 1.38 bits per heavy atom. The molecule has 136 valence electrons. The molecule has 1 N–H and O–H groups in total. The van der Waals surface area contributed by atoms with Crippen molar-refractivity contribution in [1.29, 1.82) is 0 Å². The van der Waals surface area contributed by atoms with Crippen LogP contribution >= 0.6 is 11.6 Å². The van der Waals surface area contributed by atoms with Gasteiger partial charge in [0.2, 0.25) is 11.8 Å². The van der Waals surface area contributed by atoms with Gasteiger partial charge in [0.05, 0.1) is 5.52 Å². The van der Waals surface area contributed by atoms with E-state index in [0.29, 0.717) is 28.3 Å². The number of hydrogen-bond acceptors (Lipinski definition) is 3. The number of anilines is 1. The number of fused-ring (bicyclic) bond motifs is 2. The van der Waals surface area contributed by atoms with Crippen molar-refractivity contribution < 1.29 is 9.90 Å². The number of halogens is 1. The maximum Gasteiger partial charge on any atom is 0.224 e. The van der Waals surface area contributed by atoms with Crippen molar-refractivity contribution in [3.8, 4) is 5.88 Å².